The third-order valence-electron chi connectivity index (χ3n) is 2.83. The van der Waals surface area contributed by atoms with E-state index in [1.54, 1.807) is 0 Å². The van der Waals surface area contributed by atoms with E-state index in [2.05, 4.69) is 20.8 Å². The predicted molar refractivity (Wildman–Crippen MR) is 67.0 cm³/mol. The molecule has 15 heavy (non-hydrogen) atoms. The summed E-state index contributed by atoms with van der Waals surface area (Å²) in [6.45, 7) is 8.45. The number of carbonyl (C=O) groups excluding carboxylic acids is 1. The maximum Gasteiger partial charge on any atom is 0.158 e. The lowest BCUT2D eigenvalue weighted by molar-refractivity contribution is -0.115. The van der Waals surface area contributed by atoms with Crippen LogP contribution >= 0.6 is 0 Å². The molecule has 0 radical (unpaired) electrons. The average molecular weight is 210 g/mol. The Morgan fingerprint density at radius 3 is 2.07 bits per heavy atom. The Kier molecular flexibility index (Phi) is 8.35. The molecule has 0 atom stereocenters. The number of carbonyl (C=O) groups is 1. The molecule has 0 heterocycles. The lowest BCUT2D eigenvalue weighted by Gasteiger charge is -2.10. The molecule has 0 aromatic carbocycles. The van der Waals surface area contributed by atoms with E-state index < -0.39 is 0 Å². The van der Waals surface area contributed by atoms with Crippen molar-refractivity contribution in [1.29, 1.82) is 0 Å². The van der Waals surface area contributed by atoms with Crippen molar-refractivity contribution >= 4 is 5.78 Å². The Bertz CT molecular complexity index is 213. The minimum atomic E-state index is 0.358. The normalized spacial score (nSPS) is 12.5. The van der Waals surface area contributed by atoms with E-state index in [-0.39, 0.29) is 0 Å². The standard InChI is InChI=1S/C14H26O/c1-5-8-9-11-13(14(15)7-3)12(4)10-6-2/h5-11H2,1-4H3. The van der Waals surface area contributed by atoms with Gasteiger partial charge in [0, 0.05) is 6.42 Å². The molecule has 0 fully saturated rings. The number of unbranched alkanes of at least 4 members (excludes halogenated alkanes) is 2. The van der Waals surface area contributed by atoms with Crippen molar-refractivity contribution in [2.45, 2.75) is 72.6 Å². The highest BCUT2D eigenvalue weighted by Crippen LogP contribution is 2.19. The summed E-state index contributed by atoms with van der Waals surface area (Å²) in [5.74, 6) is 0.358. The van der Waals surface area contributed by atoms with Crippen LogP contribution in [0.1, 0.15) is 72.6 Å². The molecule has 0 spiro atoms. The van der Waals surface area contributed by atoms with E-state index in [4.69, 9.17) is 0 Å². The van der Waals surface area contributed by atoms with Gasteiger partial charge in [-0.05, 0) is 31.8 Å². The molecule has 0 amide bonds. The van der Waals surface area contributed by atoms with Crippen LogP contribution in [-0.4, -0.2) is 5.78 Å². The van der Waals surface area contributed by atoms with Gasteiger partial charge in [0.1, 0.15) is 0 Å². The summed E-state index contributed by atoms with van der Waals surface area (Å²) >= 11 is 0. The zero-order valence-electron chi connectivity index (χ0n) is 10.9. The van der Waals surface area contributed by atoms with Gasteiger partial charge in [0.15, 0.2) is 5.78 Å². The van der Waals surface area contributed by atoms with E-state index >= 15 is 0 Å². The van der Waals surface area contributed by atoms with Gasteiger partial charge in [-0.3, -0.25) is 4.79 Å². The lowest BCUT2D eigenvalue weighted by atomic mass is 9.95. The zero-order valence-corrected chi connectivity index (χ0v) is 10.9. The van der Waals surface area contributed by atoms with E-state index in [0.717, 1.165) is 24.8 Å². The van der Waals surface area contributed by atoms with Crippen molar-refractivity contribution in [2.24, 2.45) is 0 Å². The van der Waals surface area contributed by atoms with Crippen LogP contribution in [0.3, 0.4) is 0 Å². The molecule has 0 aliphatic rings. The number of ketones is 1. The van der Waals surface area contributed by atoms with Gasteiger partial charge in [-0.25, -0.2) is 0 Å². The molecule has 0 aromatic heterocycles. The summed E-state index contributed by atoms with van der Waals surface area (Å²) in [7, 11) is 0. The van der Waals surface area contributed by atoms with E-state index in [9.17, 15) is 4.79 Å². The summed E-state index contributed by atoms with van der Waals surface area (Å²) in [4.78, 5) is 11.8. The molecule has 0 aliphatic heterocycles. The number of rotatable bonds is 8. The highest BCUT2D eigenvalue weighted by Gasteiger charge is 2.09. The zero-order chi connectivity index (χ0) is 11.7. The molecule has 0 aliphatic carbocycles. The first-order chi connectivity index (χ1) is 7.17. The maximum absolute atomic E-state index is 11.8. The van der Waals surface area contributed by atoms with E-state index in [0.29, 0.717) is 12.2 Å². The van der Waals surface area contributed by atoms with Crippen LogP contribution in [0, 0.1) is 0 Å². The predicted octanol–water partition coefficient (Wildman–Crippen LogP) is 4.66. The lowest BCUT2D eigenvalue weighted by Crippen LogP contribution is -2.04. The molecular formula is C14H26O. The minimum absolute atomic E-state index is 0.358. The Hall–Kier alpha value is -0.590. The number of allylic oxidation sites excluding steroid dienone is 2. The summed E-state index contributed by atoms with van der Waals surface area (Å²) in [5.41, 5.74) is 2.44. The Balaban J connectivity index is 4.43. The fraction of sp³-hybridized carbons (Fsp3) is 0.786. The van der Waals surface area contributed by atoms with E-state index in [1.807, 2.05) is 6.92 Å². The first-order valence-corrected chi connectivity index (χ1v) is 6.39. The molecule has 0 unspecified atom stereocenters. The average Bonchev–Trinajstić information content (AvgIpc) is 2.23. The molecule has 0 rings (SSSR count). The summed E-state index contributed by atoms with van der Waals surface area (Å²) in [6, 6.07) is 0. The van der Waals surface area contributed by atoms with Crippen molar-refractivity contribution in [1.82, 2.24) is 0 Å². The van der Waals surface area contributed by atoms with Crippen molar-refractivity contribution in [3.05, 3.63) is 11.1 Å². The minimum Gasteiger partial charge on any atom is -0.295 e. The topological polar surface area (TPSA) is 17.1 Å². The van der Waals surface area contributed by atoms with Gasteiger partial charge in [0.05, 0.1) is 0 Å². The second-order valence-electron chi connectivity index (χ2n) is 4.24. The summed E-state index contributed by atoms with van der Waals surface area (Å²) in [6.07, 6.45) is 7.49. The van der Waals surface area contributed by atoms with Gasteiger partial charge in [-0.15, -0.1) is 0 Å². The van der Waals surface area contributed by atoms with Crippen molar-refractivity contribution < 1.29 is 4.79 Å². The van der Waals surface area contributed by atoms with Gasteiger partial charge in [-0.2, -0.15) is 0 Å². The molecule has 0 saturated carbocycles. The van der Waals surface area contributed by atoms with Crippen LogP contribution in [0.4, 0.5) is 0 Å². The second kappa shape index (κ2) is 8.70. The van der Waals surface area contributed by atoms with Crippen LogP contribution in [-0.2, 0) is 4.79 Å². The van der Waals surface area contributed by atoms with Gasteiger partial charge in [-0.1, -0.05) is 45.6 Å². The molecule has 1 nitrogen and oxygen atoms in total. The van der Waals surface area contributed by atoms with Gasteiger partial charge < -0.3 is 0 Å². The largest absolute Gasteiger partial charge is 0.295 e. The first kappa shape index (κ1) is 14.4. The fourth-order valence-corrected chi connectivity index (χ4v) is 1.88. The Labute approximate surface area is 95.0 Å². The fourth-order valence-electron chi connectivity index (χ4n) is 1.88. The monoisotopic (exact) mass is 210 g/mol. The highest BCUT2D eigenvalue weighted by atomic mass is 16.1. The van der Waals surface area contributed by atoms with Gasteiger partial charge >= 0.3 is 0 Å². The van der Waals surface area contributed by atoms with Crippen LogP contribution in [0.25, 0.3) is 0 Å². The number of Topliss-reactive ketones (excluding diaryl/α,β-unsaturated/α-hetero) is 1. The molecule has 0 aromatic rings. The van der Waals surface area contributed by atoms with Crippen molar-refractivity contribution in [3.63, 3.8) is 0 Å². The third-order valence-corrected chi connectivity index (χ3v) is 2.83. The molecule has 1 heteroatoms. The van der Waals surface area contributed by atoms with Crippen molar-refractivity contribution in [3.8, 4) is 0 Å². The summed E-state index contributed by atoms with van der Waals surface area (Å²) in [5, 5.41) is 0. The first-order valence-electron chi connectivity index (χ1n) is 6.39. The van der Waals surface area contributed by atoms with Gasteiger partial charge in [0.25, 0.3) is 0 Å². The van der Waals surface area contributed by atoms with Crippen LogP contribution in [0.5, 0.6) is 0 Å². The van der Waals surface area contributed by atoms with Gasteiger partial charge in [0.2, 0.25) is 0 Å². The second-order valence-corrected chi connectivity index (χ2v) is 4.24. The highest BCUT2D eigenvalue weighted by molar-refractivity contribution is 5.95. The quantitative estimate of drug-likeness (QED) is 0.420. The molecule has 0 bridgehead atoms. The van der Waals surface area contributed by atoms with E-state index in [1.165, 1.54) is 24.8 Å². The molecule has 0 saturated heterocycles. The molecule has 88 valence electrons. The van der Waals surface area contributed by atoms with Crippen LogP contribution in [0.2, 0.25) is 0 Å². The number of hydrogen-bond acceptors (Lipinski definition) is 1. The molecular weight excluding hydrogens is 184 g/mol. The third kappa shape index (κ3) is 5.76. The van der Waals surface area contributed by atoms with Crippen LogP contribution < -0.4 is 0 Å². The SMILES string of the molecule is CCCCCC(C(=O)CC)=C(C)CCC. The number of hydrogen-bond donors (Lipinski definition) is 0. The smallest absolute Gasteiger partial charge is 0.158 e. The Morgan fingerprint density at radius 1 is 0.933 bits per heavy atom. The Morgan fingerprint density at radius 2 is 1.60 bits per heavy atom. The molecule has 0 N–H and O–H groups in total. The van der Waals surface area contributed by atoms with Crippen LogP contribution in [0.15, 0.2) is 11.1 Å². The maximum atomic E-state index is 11.8. The van der Waals surface area contributed by atoms with Crippen molar-refractivity contribution in [2.75, 3.05) is 0 Å². The summed E-state index contributed by atoms with van der Waals surface area (Å²) < 4.78 is 0.